The van der Waals surface area contributed by atoms with Crippen molar-refractivity contribution in [2.75, 3.05) is 51.6 Å². The van der Waals surface area contributed by atoms with E-state index in [9.17, 15) is 14.4 Å². The van der Waals surface area contributed by atoms with E-state index in [1.807, 2.05) is 28.0 Å². The Balaban J connectivity index is 0.993. The Kier molecular flexibility index (Phi) is 9.85. The zero-order valence-electron chi connectivity index (χ0n) is 28.2. The highest BCUT2D eigenvalue weighted by Gasteiger charge is 2.37. The molecule has 2 unspecified atom stereocenters. The predicted molar refractivity (Wildman–Crippen MR) is 185 cm³/mol. The summed E-state index contributed by atoms with van der Waals surface area (Å²) in [7, 11) is 2.22. The number of carbonyl (C=O) groups excluding carboxylic acids is 3. The lowest BCUT2D eigenvalue weighted by Gasteiger charge is -2.41. The van der Waals surface area contributed by atoms with Crippen molar-refractivity contribution in [3.05, 3.63) is 65.2 Å². The van der Waals surface area contributed by atoms with Gasteiger partial charge in [0.05, 0.1) is 0 Å². The van der Waals surface area contributed by atoms with E-state index in [2.05, 4.69) is 52.5 Å². The van der Waals surface area contributed by atoms with Crippen LogP contribution in [0.1, 0.15) is 86.8 Å². The number of hydrogen-bond acceptors (Lipinski definition) is 4. The van der Waals surface area contributed by atoms with Crippen LogP contribution in [0.25, 0.3) is 0 Å². The van der Waals surface area contributed by atoms with Crippen LogP contribution in [0.4, 0.5) is 10.5 Å². The van der Waals surface area contributed by atoms with Gasteiger partial charge in [-0.2, -0.15) is 0 Å². The van der Waals surface area contributed by atoms with Crippen molar-refractivity contribution in [2.45, 2.75) is 89.1 Å². The number of carbonyl (C=O) groups is 3. The monoisotopic (exact) mass is 639 g/mol. The smallest absolute Gasteiger partial charge is 0.322 e. The first-order valence-corrected chi connectivity index (χ1v) is 18.4. The summed E-state index contributed by atoms with van der Waals surface area (Å²) in [6, 6.07) is 16.8. The summed E-state index contributed by atoms with van der Waals surface area (Å²) in [5.41, 5.74) is 4.81. The van der Waals surface area contributed by atoms with Crippen LogP contribution in [-0.2, 0) is 22.6 Å². The number of fused-ring (bicyclic) bond motifs is 2. The zero-order valence-corrected chi connectivity index (χ0v) is 28.2. The summed E-state index contributed by atoms with van der Waals surface area (Å²) in [6.45, 7) is 5.89. The third kappa shape index (κ3) is 7.23. The molecule has 1 N–H and O–H groups in total. The molecule has 3 saturated heterocycles. The normalized spacial score (nSPS) is 24.0. The van der Waals surface area contributed by atoms with Crippen molar-refractivity contribution in [3.63, 3.8) is 0 Å². The molecule has 0 spiro atoms. The molecular formula is C39H53N5O3. The molecule has 47 heavy (non-hydrogen) atoms. The van der Waals surface area contributed by atoms with Crippen LogP contribution in [0.5, 0.6) is 0 Å². The Morgan fingerprint density at radius 1 is 0.787 bits per heavy atom. The van der Waals surface area contributed by atoms with E-state index in [1.165, 1.54) is 37.1 Å². The standard InChI is InChI=1S/C39H53N5O3/c1-41-19-13-28(14-20-41)29-15-21-43(22-16-29)38(46)33(25-31-10-6-9-30-7-2-4-11-35(30)31)26-37(45)42-23-17-34(18-24-42)44-27-32-8-3-5-12-36(32)40-39(44)47/h2-5,7-8,11-12,28-29,31,33-34H,6,9-10,13-27H2,1H3,(H,40,47). The molecule has 0 radical (unpaired) electrons. The molecule has 3 fully saturated rings. The Labute approximate surface area is 280 Å². The number of rotatable bonds is 7. The second-order valence-corrected chi connectivity index (χ2v) is 15.1. The van der Waals surface area contributed by atoms with E-state index in [0.717, 1.165) is 87.5 Å². The second-order valence-electron chi connectivity index (χ2n) is 15.1. The summed E-state index contributed by atoms with van der Waals surface area (Å²) in [5, 5.41) is 3.04. The van der Waals surface area contributed by atoms with Gasteiger partial charge < -0.3 is 24.9 Å². The van der Waals surface area contributed by atoms with E-state index < -0.39 is 0 Å². The van der Waals surface area contributed by atoms with Gasteiger partial charge in [0.1, 0.15) is 0 Å². The SMILES string of the molecule is CN1CCC(C2CCN(C(=O)C(CC(=O)N3CCC(N4Cc5ccccc5NC4=O)CC3)CC3CCCc4ccccc43)CC2)CC1. The Morgan fingerprint density at radius 3 is 2.17 bits per heavy atom. The summed E-state index contributed by atoms with van der Waals surface area (Å²) < 4.78 is 0. The molecule has 1 aliphatic carbocycles. The van der Waals surface area contributed by atoms with Gasteiger partial charge in [-0.05, 0) is 125 Å². The number of anilines is 1. The van der Waals surface area contributed by atoms with Gasteiger partial charge in [0.2, 0.25) is 11.8 Å². The molecule has 2 aromatic carbocycles. The van der Waals surface area contributed by atoms with Crippen LogP contribution in [0.3, 0.4) is 0 Å². The number of amides is 4. The van der Waals surface area contributed by atoms with Gasteiger partial charge in [0.25, 0.3) is 0 Å². The predicted octanol–water partition coefficient (Wildman–Crippen LogP) is 6.12. The van der Waals surface area contributed by atoms with Crippen LogP contribution in [-0.4, -0.2) is 89.8 Å². The lowest BCUT2D eigenvalue weighted by Crippen LogP contribution is -2.51. The summed E-state index contributed by atoms with van der Waals surface area (Å²) in [5.74, 6) is 1.83. The van der Waals surface area contributed by atoms with E-state index in [4.69, 9.17) is 0 Å². The van der Waals surface area contributed by atoms with Crippen LogP contribution >= 0.6 is 0 Å². The van der Waals surface area contributed by atoms with Crippen molar-refractivity contribution >= 4 is 23.5 Å². The first kappa shape index (κ1) is 32.2. The number of hydrogen-bond donors (Lipinski definition) is 1. The fourth-order valence-electron chi connectivity index (χ4n) is 9.35. The molecule has 5 aliphatic rings. The zero-order chi connectivity index (χ0) is 32.3. The quantitative estimate of drug-likeness (QED) is 0.396. The second kappa shape index (κ2) is 14.4. The number of aryl methyl sites for hydroxylation is 1. The number of likely N-dealkylation sites (tertiary alicyclic amines) is 3. The van der Waals surface area contributed by atoms with Crippen molar-refractivity contribution in [1.82, 2.24) is 19.6 Å². The van der Waals surface area contributed by atoms with Crippen molar-refractivity contribution in [2.24, 2.45) is 17.8 Å². The molecule has 2 atom stereocenters. The Bertz CT molecular complexity index is 1420. The maximum atomic E-state index is 14.3. The lowest BCUT2D eigenvalue weighted by atomic mass is 9.76. The highest BCUT2D eigenvalue weighted by Crippen LogP contribution is 2.39. The largest absolute Gasteiger partial charge is 0.343 e. The number of urea groups is 1. The summed E-state index contributed by atoms with van der Waals surface area (Å²) in [4.78, 5) is 49.6. The van der Waals surface area contributed by atoms with Crippen LogP contribution in [0.2, 0.25) is 0 Å². The van der Waals surface area contributed by atoms with Crippen molar-refractivity contribution in [1.29, 1.82) is 0 Å². The molecule has 4 amide bonds. The Hall–Kier alpha value is -3.39. The lowest BCUT2D eigenvalue weighted by molar-refractivity contribution is -0.143. The Morgan fingerprint density at radius 2 is 1.43 bits per heavy atom. The van der Waals surface area contributed by atoms with E-state index in [0.29, 0.717) is 25.6 Å². The molecule has 252 valence electrons. The molecule has 4 aliphatic heterocycles. The van der Waals surface area contributed by atoms with Gasteiger partial charge in [-0.25, -0.2) is 4.79 Å². The summed E-state index contributed by atoms with van der Waals surface area (Å²) >= 11 is 0. The van der Waals surface area contributed by atoms with Gasteiger partial charge in [0.15, 0.2) is 0 Å². The van der Waals surface area contributed by atoms with E-state index >= 15 is 0 Å². The first-order valence-electron chi connectivity index (χ1n) is 18.4. The fraction of sp³-hybridized carbons (Fsp3) is 0.615. The van der Waals surface area contributed by atoms with Crippen molar-refractivity contribution < 1.29 is 14.4 Å². The highest BCUT2D eigenvalue weighted by atomic mass is 16.2. The number of nitrogens with one attached hydrogen (secondary N) is 1. The minimum absolute atomic E-state index is 0.0495. The molecule has 8 nitrogen and oxygen atoms in total. The molecule has 4 heterocycles. The van der Waals surface area contributed by atoms with Gasteiger partial charge in [-0.1, -0.05) is 42.5 Å². The van der Waals surface area contributed by atoms with E-state index in [-0.39, 0.29) is 36.2 Å². The average molecular weight is 640 g/mol. The highest BCUT2D eigenvalue weighted by molar-refractivity contribution is 5.92. The van der Waals surface area contributed by atoms with Gasteiger partial charge in [-0.3, -0.25) is 9.59 Å². The minimum atomic E-state index is -0.291. The molecule has 8 heteroatoms. The van der Waals surface area contributed by atoms with Crippen LogP contribution in [0, 0.1) is 17.8 Å². The minimum Gasteiger partial charge on any atom is -0.343 e. The summed E-state index contributed by atoms with van der Waals surface area (Å²) in [6.07, 6.45) is 10.6. The number of benzene rings is 2. The van der Waals surface area contributed by atoms with E-state index in [1.54, 1.807) is 0 Å². The van der Waals surface area contributed by atoms with Crippen LogP contribution in [0.15, 0.2) is 48.5 Å². The molecule has 7 rings (SSSR count). The number of para-hydroxylation sites is 1. The van der Waals surface area contributed by atoms with Crippen molar-refractivity contribution in [3.8, 4) is 0 Å². The fourth-order valence-corrected chi connectivity index (χ4v) is 9.35. The molecule has 0 aromatic heterocycles. The number of piperidine rings is 3. The van der Waals surface area contributed by atoms with Gasteiger partial charge in [-0.15, -0.1) is 0 Å². The third-order valence-corrected chi connectivity index (χ3v) is 12.2. The molecule has 0 saturated carbocycles. The maximum absolute atomic E-state index is 14.3. The van der Waals surface area contributed by atoms with Crippen LogP contribution < -0.4 is 5.32 Å². The van der Waals surface area contributed by atoms with Gasteiger partial charge >= 0.3 is 6.03 Å². The maximum Gasteiger partial charge on any atom is 0.322 e. The third-order valence-electron chi connectivity index (χ3n) is 12.2. The first-order chi connectivity index (χ1) is 22.9. The topological polar surface area (TPSA) is 76.2 Å². The van der Waals surface area contributed by atoms with Gasteiger partial charge in [0, 0.05) is 56.8 Å². The molecule has 2 aromatic rings. The average Bonchev–Trinajstić information content (AvgIpc) is 3.11. The molecule has 0 bridgehead atoms. The molecular weight excluding hydrogens is 586 g/mol. The number of nitrogens with zero attached hydrogens (tertiary/aromatic N) is 4.